The summed E-state index contributed by atoms with van der Waals surface area (Å²) in [6, 6.07) is 10.9. The highest BCUT2D eigenvalue weighted by molar-refractivity contribution is 7.88. The van der Waals surface area contributed by atoms with Crippen molar-refractivity contribution in [2.45, 2.75) is 25.6 Å². The van der Waals surface area contributed by atoms with E-state index in [1.165, 1.54) is 0 Å². The number of anilines is 1. The van der Waals surface area contributed by atoms with Crippen molar-refractivity contribution in [3.05, 3.63) is 65.0 Å². The highest BCUT2D eigenvalue weighted by Crippen LogP contribution is 2.35. The SMILES string of the molecule is Cc1ccc2c3c(cnc2n1)CC(=O)N3Cc1ccc(CS(N)(=O)=O)cc1. The molecule has 4 rings (SSSR count). The summed E-state index contributed by atoms with van der Waals surface area (Å²) in [5.41, 5.74) is 4.76. The van der Waals surface area contributed by atoms with Crippen LogP contribution in [-0.4, -0.2) is 24.3 Å². The van der Waals surface area contributed by atoms with Gasteiger partial charge in [0.05, 0.1) is 24.4 Å². The van der Waals surface area contributed by atoms with Crippen molar-refractivity contribution >= 4 is 32.7 Å². The number of pyridine rings is 2. The summed E-state index contributed by atoms with van der Waals surface area (Å²) in [5, 5.41) is 5.94. The van der Waals surface area contributed by atoms with E-state index in [1.54, 1.807) is 23.2 Å². The lowest BCUT2D eigenvalue weighted by Crippen LogP contribution is -2.26. The van der Waals surface area contributed by atoms with Gasteiger partial charge in [-0.3, -0.25) is 4.79 Å². The maximum atomic E-state index is 12.6. The maximum Gasteiger partial charge on any atom is 0.231 e. The van der Waals surface area contributed by atoms with E-state index >= 15 is 0 Å². The van der Waals surface area contributed by atoms with Crippen LogP contribution in [-0.2, 0) is 33.5 Å². The first kappa shape index (κ1) is 17.6. The molecule has 2 aromatic heterocycles. The van der Waals surface area contributed by atoms with Gasteiger partial charge in [0.15, 0.2) is 5.65 Å². The summed E-state index contributed by atoms with van der Waals surface area (Å²) in [6.07, 6.45) is 2.03. The number of sulfonamides is 1. The molecule has 0 bridgehead atoms. The fourth-order valence-corrected chi connectivity index (χ4v) is 4.01. The number of carbonyl (C=O) groups is 1. The topological polar surface area (TPSA) is 106 Å². The monoisotopic (exact) mass is 382 g/mol. The molecule has 0 spiro atoms. The molecule has 8 heteroatoms. The van der Waals surface area contributed by atoms with Crippen LogP contribution >= 0.6 is 0 Å². The molecule has 1 amide bonds. The molecule has 7 nitrogen and oxygen atoms in total. The van der Waals surface area contributed by atoms with E-state index in [1.807, 2.05) is 31.2 Å². The van der Waals surface area contributed by atoms with Crippen LogP contribution in [0.15, 0.2) is 42.6 Å². The number of primary sulfonamides is 1. The molecule has 2 N–H and O–H groups in total. The number of aryl methyl sites for hydroxylation is 1. The van der Waals surface area contributed by atoms with Crippen molar-refractivity contribution in [3.63, 3.8) is 0 Å². The van der Waals surface area contributed by atoms with Crippen molar-refractivity contribution in [2.24, 2.45) is 5.14 Å². The standard InChI is InChI=1S/C19H18N4O3S/c1-12-2-7-16-18-15(9-21-19(16)22-12)8-17(24)23(18)10-13-3-5-14(6-4-13)11-27(20,25)26/h2-7,9H,8,10-11H2,1H3,(H2,20,25,26). The molecule has 0 radical (unpaired) electrons. The van der Waals surface area contributed by atoms with Crippen LogP contribution in [0.5, 0.6) is 0 Å². The Morgan fingerprint density at radius 3 is 2.52 bits per heavy atom. The second-order valence-electron chi connectivity index (χ2n) is 6.74. The Kier molecular flexibility index (Phi) is 4.16. The van der Waals surface area contributed by atoms with Crippen molar-refractivity contribution in [3.8, 4) is 0 Å². The zero-order chi connectivity index (χ0) is 19.2. The second kappa shape index (κ2) is 6.40. The Morgan fingerprint density at radius 2 is 1.81 bits per heavy atom. The van der Waals surface area contributed by atoms with Crippen LogP contribution in [0.3, 0.4) is 0 Å². The molecule has 1 aliphatic heterocycles. The Bertz CT molecular complexity index is 1160. The number of hydrogen-bond acceptors (Lipinski definition) is 5. The van der Waals surface area contributed by atoms with Crippen molar-refractivity contribution in [1.29, 1.82) is 0 Å². The summed E-state index contributed by atoms with van der Waals surface area (Å²) in [7, 11) is -3.57. The third kappa shape index (κ3) is 3.54. The van der Waals surface area contributed by atoms with E-state index < -0.39 is 10.0 Å². The molecule has 138 valence electrons. The highest BCUT2D eigenvalue weighted by atomic mass is 32.2. The van der Waals surface area contributed by atoms with Crippen LogP contribution in [0, 0.1) is 6.92 Å². The number of hydrogen-bond donors (Lipinski definition) is 1. The van der Waals surface area contributed by atoms with Crippen LogP contribution in [0.2, 0.25) is 0 Å². The van der Waals surface area contributed by atoms with Gasteiger partial charge in [-0.25, -0.2) is 23.5 Å². The van der Waals surface area contributed by atoms with Gasteiger partial charge in [0, 0.05) is 22.8 Å². The number of amides is 1. The molecule has 0 atom stereocenters. The lowest BCUT2D eigenvalue weighted by atomic mass is 10.1. The maximum absolute atomic E-state index is 12.6. The number of benzene rings is 1. The first-order chi connectivity index (χ1) is 12.8. The van der Waals surface area contributed by atoms with Gasteiger partial charge in [0.1, 0.15) is 0 Å². The van der Waals surface area contributed by atoms with Crippen LogP contribution < -0.4 is 10.0 Å². The van der Waals surface area contributed by atoms with Crippen LogP contribution in [0.4, 0.5) is 5.69 Å². The van der Waals surface area contributed by atoms with Gasteiger partial charge in [-0.05, 0) is 30.2 Å². The van der Waals surface area contributed by atoms with Crippen molar-refractivity contribution in [1.82, 2.24) is 9.97 Å². The average molecular weight is 382 g/mol. The Morgan fingerprint density at radius 1 is 1.11 bits per heavy atom. The Balaban J connectivity index is 1.67. The lowest BCUT2D eigenvalue weighted by molar-refractivity contribution is -0.117. The zero-order valence-corrected chi connectivity index (χ0v) is 15.5. The first-order valence-corrected chi connectivity index (χ1v) is 10.2. The van der Waals surface area contributed by atoms with Crippen molar-refractivity contribution in [2.75, 3.05) is 4.90 Å². The minimum atomic E-state index is -3.57. The molecule has 3 heterocycles. The molecule has 3 aromatic rings. The Hall–Kier alpha value is -2.84. The third-order valence-corrected chi connectivity index (χ3v) is 5.30. The molecule has 1 aliphatic rings. The quantitative estimate of drug-likeness (QED) is 0.741. The second-order valence-corrected chi connectivity index (χ2v) is 8.35. The number of nitrogens with zero attached hydrogens (tertiary/aromatic N) is 3. The highest BCUT2D eigenvalue weighted by Gasteiger charge is 2.30. The number of nitrogens with two attached hydrogens (primary N) is 1. The summed E-state index contributed by atoms with van der Waals surface area (Å²) in [5.74, 6) is -0.200. The molecular formula is C19H18N4O3S. The van der Waals surface area contributed by atoms with Crippen LogP contribution in [0.25, 0.3) is 11.0 Å². The number of carbonyl (C=O) groups excluding carboxylic acids is 1. The van der Waals surface area contributed by atoms with Gasteiger partial charge < -0.3 is 4.90 Å². The zero-order valence-electron chi connectivity index (χ0n) is 14.7. The van der Waals surface area contributed by atoms with Crippen molar-refractivity contribution < 1.29 is 13.2 Å². The fraction of sp³-hybridized carbons (Fsp3) is 0.211. The normalized spacial score (nSPS) is 14.0. The molecule has 1 aromatic carbocycles. The third-order valence-electron chi connectivity index (χ3n) is 4.56. The first-order valence-electron chi connectivity index (χ1n) is 8.44. The molecular weight excluding hydrogens is 364 g/mol. The molecule has 0 unspecified atom stereocenters. The molecule has 0 saturated carbocycles. The van der Waals surface area contributed by atoms with Gasteiger partial charge >= 0.3 is 0 Å². The van der Waals surface area contributed by atoms with E-state index in [-0.39, 0.29) is 11.7 Å². The van der Waals surface area contributed by atoms with E-state index in [4.69, 9.17) is 5.14 Å². The predicted octanol–water partition coefficient (Wildman–Crippen LogP) is 1.82. The smallest absolute Gasteiger partial charge is 0.231 e. The molecule has 0 aliphatic carbocycles. The lowest BCUT2D eigenvalue weighted by Gasteiger charge is -2.19. The van der Waals surface area contributed by atoms with Gasteiger partial charge in [-0.2, -0.15) is 0 Å². The van der Waals surface area contributed by atoms with Gasteiger partial charge in [0.2, 0.25) is 15.9 Å². The Labute approximate surface area is 156 Å². The minimum Gasteiger partial charge on any atom is -0.307 e. The van der Waals surface area contributed by atoms with E-state index in [0.717, 1.165) is 27.9 Å². The average Bonchev–Trinajstić information content (AvgIpc) is 2.91. The van der Waals surface area contributed by atoms with E-state index in [0.29, 0.717) is 24.2 Å². The number of aromatic nitrogens is 2. The predicted molar refractivity (Wildman–Crippen MR) is 102 cm³/mol. The summed E-state index contributed by atoms with van der Waals surface area (Å²) < 4.78 is 22.4. The molecule has 27 heavy (non-hydrogen) atoms. The van der Waals surface area contributed by atoms with Crippen LogP contribution in [0.1, 0.15) is 22.4 Å². The summed E-state index contributed by atoms with van der Waals surface area (Å²) in [6.45, 7) is 2.30. The van der Waals surface area contributed by atoms with Gasteiger partial charge in [-0.15, -0.1) is 0 Å². The van der Waals surface area contributed by atoms with E-state index in [2.05, 4.69) is 9.97 Å². The minimum absolute atomic E-state index is 0.00786. The summed E-state index contributed by atoms with van der Waals surface area (Å²) >= 11 is 0. The van der Waals surface area contributed by atoms with E-state index in [9.17, 15) is 13.2 Å². The fourth-order valence-electron chi connectivity index (χ4n) is 3.35. The largest absolute Gasteiger partial charge is 0.307 e. The summed E-state index contributed by atoms with van der Waals surface area (Å²) in [4.78, 5) is 23.1. The molecule has 0 saturated heterocycles. The number of rotatable bonds is 4. The van der Waals surface area contributed by atoms with Gasteiger partial charge in [-0.1, -0.05) is 24.3 Å². The molecule has 0 fully saturated rings. The number of fused-ring (bicyclic) bond motifs is 3. The van der Waals surface area contributed by atoms with Gasteiger partial charge in [0.25, 0.3) is 0 Å².